The van der Waals surface area contributed by atoms with Crippen LogP contribution in [0.1, 0.15) is 30.6 Å². The summed E-state index contributed by atoms with van der Waals surface area (Å²) in [6, 6.07) is 10.1. The van der Waals surface area contributed by atoms with Gasteiger partial charge in [0.1, 0.15) is 16.5 Å². The van der Waals surface area contributed by atoms with Gasteiger partial charge in [-0.05, 0) is 43.7 Å². The van der Waals surface area contributed by atoms with Crippen molar-refractivity contribution < 1.29 is 17.6 Å². The average Bonchev–Trinajstić information content (AvgIpc) is 2.60. The maximum atomic E-state index is 13.7. The number of nitrogens with one attached hydrogen (secondary N) is 1. The number of hydrogen-bond acceptors (Lipinski definition) is 4. The van der Waals surface area contributed by atoms with E-state index in [1.54, 1.807) is 24.0 Å². The number of halogens is 1. The monoisotopic (exact) mass is 375 g/mol. The number of benzene rings is 2. The number of amidine groups is 1. The summed E-state index contributed by atoms with van der Waals surface area (Å²) in [4.78, 5) is 14.2. The van der Waals surface area contributed by atoms with Crippen LogP contribution in [0.2, 0.25) is 0 Å². The van der Waals surface area contributed by atoms with Gasteiger partial charge >= 0.3 is 0 Å². The van der Waals surface area contributed by atoms with E-state index < -0.39 is 21.7 Å². The Hall–Kier alpha value is -2.74. The first-order valence-electron chi connectivity index (χ1n) is 8.12. The van der Waals surface area contributed by atoms with Gasteiger partial charge in [0.25, 0.3) is 15.9 Å². The van der Waals surface area contributed by atoms with Gasteiger partial charge in [-0.3, -0.25) is 4.79 Å². The van der Waals surface area contributed by atoms with Crippen LogP contribution in [-0.2, 0) is 10.0 Å². The first kappa shape index (κ1) is 18.1. The molecule has 1 aliphatic rings. The maximum Gasteiger partial charge on any atom is 0.286 e. The van der Waals surface area contributed by atoms with Crippen molar-refractivity contribution in [2.45, 2.75) is 25.2 Å². The smallest absolute Gasteiger partial charge is 0.286 e. The van der Waals surface area contributed by atoms with Crippen molar-refractivity contribution >= 4 is 33.1 Å². The zero-order valence-corrected chi connectivity index (χ0v) is 15.2. The van der Waals surface area contributed by atoms with Gasteiger partial charge in [0.05, 0.1) is 11.4 Å². The molecule has 0 aliphatic carbocycles. The summed E-state index contributed by atoms with van der Waals surface area (Å²) in [5.74, 6) is -0.773. The third-order valence-corrected chi connectivity index (χ3v) is 5.39. The number of anilines is 2. The molecule has 2 aromatic rings. The SMILES string of the molecule is CCCN1C(C)=NS(=O)(=O)c2cc(C(=O)Nc3ccccc3F)ccc21. The molecule has 0 radical (unpaired) electrons. The zero-order chi connectivity index (χ0) is 18.9. The second-order valence-corrected chi connectivity index (χ2v) is 7.45. The molecule has 0 unspecified atom stereocenters. The molecule has 0 atom stereocenters. The van der Waals surface area contributed by atoms with Crippen LogP contribution >= 0.6 is 0 Å². The van der Waals surface area contributed by atoms with Crippen molar-refractivity contribution in [3.8, 4) is 0 Å². The van der Waals surface area contributed by atoms with E-state index in [0.717, 1.165) is 6.42 Å². The Morgan fingerprint density at radius 2 is 1.96 bits per heavy atom. The fourth-order valence-corrected chi connectivity index (χ4v) is 4.06. The molecule has 136 valence electrons. The van der Waals surface area contributed by atoms with Crippen LogP contribution in [0.15, 0.2) is 51.8 Å². The molecule has 0 fully saturated rings. The fourth-order valence-electron chi connectivity index (χ4n) is 2.79. The molecule has 0 saturated heterocycles. The molecule has 0 saturated carbocycles. The molecule has 6 nitrogen and oxygen atoms in total. The molecular formula is C18H18FN3O3S. The quantitative estimate of drug-likeness (QED) is 0.888. The predicted octanol–water partition coefficient (Wildman–Crippen LogP) is 3.42. The van der Waals surface area contributed by atoms with E-state index >= 15 is 0 Å². The number of carbonyl (C=O) groups is 1. The van der Waals surface area contributed by atoms with Crippen molar-refractivity contribution in [3.05, 3.63) is 53.8 Å². The van der Waals surface area contributed by atoms with Crippen LogP contribution in [0.4, 0.5) is 15.8 Å². The minimum atomic E-state index is -3.89. The van der Waals surface area contributed by atoms with E-state index in [4.69, 9.17) is 0 Å². The van der Waals surface area contributed by atoms with Gasteiger partial charge in [0.2, 0.25) is 0 Å². The lowest BCUT2D eigenvalue weighted by Crippen LogP contribution is -2.34. The molecular weight excluding hydrogens is 357 g/mol. The molecule has 1 amide bonds. The summed E-state index contributed by atoms with van der Waals surface area (Å²) in [7, 11) is -3.89. The molecule has 1 heterocycles. The Labute approximate surface area is 151 Å². The molecule has 0 bridgehead atoms. The van der Waals surface area contributed by atoms with E-state index in [-0.39, 0.29) is 16.1 Å². The number of rotatable bonds is 4. The zero-order valence-electron chi connectivity index (χ0n) is 14.4. The number of para-hydroxylation sites is 1. The second-order valence-electron chi connectivity index (χ2n) is 5.88. The predicted molar refractivity (Wildman–Crippen MR) is 98.7 cm³/mol. The van der Waals surface area contributed by atoms with Gasteiger partial charge in [-0.25, -0.2) is 4.39 Å². The van der Waals surface area contributed by atoms with Gasteiger partial charge in [-0.2, -0.15) is 8.42 Å². The molecule has 2 aromatic carbocycles. The summed E-state index contributed by atoms with van der Waals surface area (Å²) < 4.78 is 42.3. The van der Waals surface area contributed by atoms with Crippen LogP contribution in [-0.4, -0.2) is 26.7 Å². The fraction of sp³-hybridized carbons (Fsp3) is 0.222. The standard InChI is InChI=1S/C18H18FN3O3S/c1-3-10-22-12(2)21-26(24,25)17-11-13(8-9-16(17)22)18(23)20-15-7-5-4-6-14(15)19/h4-9,11H,3,10H2,1-2H3,(H,20,23). The van der Waals surface area contributed by atoms with Crippen molar-refractivity contribution in [2.75, 3.05) is 16.8 Å². The van der Waals surface area contributed by atoms with Crippen molar-refractivity contribution in [3.63, 3.8) is 0 Å². The van der Waals surface area contributed by atoms with Crippen LogP contribution in [0.25, 0.3) is 0 Å². The van der Waals surface area contributed by atoms with Gasteiger partial charge < -0.3 is 10.2 Å². The summed E-state index contributed by atoms with van der Waals surface area (Å²) in [5.41, 5.74) is 0.628. The molecule has 3 rings (SSSR count). The molecule has 0 spiro atoms. The second kappa shape index (κ2) is 6.87. The Morgan fingerprint density at radius 1 is 1.23 bits per heavy atom. The molecule has 1 N–H and O–H groups in total. The lowest BCUT2D eigenvalue weighted by Gasteiger charge is -2.29. The Morgan fingerprint density at radius 3 is 2.65 bits per heavy atom. The highest BCUT2D eigenvalue weighted by Gasteiger charge is 2.29. The van der Waals surface area contributed by atoms with Crippen molar-refractivity contribution in [1.82, 2.24) is 0 Å². The van der Waals surface area contributed by atoms with E-state index in [2.05, 4.69) is 9.71 Å². The maximum absolute atomic E-state index is 13.7. The van der Waals surface area contributed by atoms with Crippen LogP contribution in [0.5, 0.6) is 0 Å². The summed E-state index contributed by atoms with van der Waals surface area (Å²) >= 11 is 0. The van der Waals surface area contributed by atoms with Gasteiger partial charge in [-0.1, -0.05) is 19.1 Å². The number of hydrogen-bond donors (Lipinski definition) is 1. The van der Waals surface area contributed by atoms with Crippen LogP contribution in [0, 0.1) is 5.82 Å². The van der Waals surface area contributed by atoms with E-state index in [9.17, 15) is 17.6 Å². The number of sulfonamides is 1. The lowest BCUT2D eigenvalue weighted by atomic mass is 10.1. The third kappa shape index (κ3) is 3.32. The van der Waals surface area contributed by atoms with E-state index in [1.807, 2.05) is 6.92 Å². The molecule has 8 heteroatoms. The van der Waals surface area contributed by atoms with Crippen molar-refractivity contribution in [2.24, 2.45) is 4.40 Å². The highest BCUT2D eigenvalue weighted by atomic mass is 32.2. The number of carbonyl (C=O) groups excluding carboxylic acids is 1. The lowest BCUT2D eigenvalue weighted by molar-refractivity contribution is 0.102. The molecule has 26 heavy (non-hydrogen) atoms. The Bertz CT molecular complexity index is 1000. The van der Waals surface area contributed by atoms with E-state index in [0.29, 0.717) is 18.1 Å². The Balaban J connectivity index is 1.99. The summed E-state index contributed by atoms with van der Waals surface area (Å²) in [5, 5.41) is 2.45. The highest BCUT2D eigenvalue weighted by molar-refractivity contribution is 7.90. The molecule has 1 aliphatic heterocycles. The Kier molecular flexibility index (Phi) is 4.78. The van der Waals surface area contributed by atoms with E-state index in [1.165, 1.54) is 30.3 Å². The minimum Gasteiger partial charge on any atom is -0.328 e. The van der Waals surface area contributed by atoms with Gasteiger partial charge in [0.15, 0.2) is 0 Å². The topological polar surface area (TPSA) is 78.8 Å². The summed E-state index contributed by atoms with van der Waals surface area (Å²) in [6.07, 6.45) is 0.807. The van der Waals surface area contributed by atoms with Gasteiger partial charge in [0, 0.05) is 12.1 Å². The van der Waals surface area contributed by atoms with Crippen LogP contribution in [0.3, 0.4) is 0 Å². The number of fused-ring (bicyclic) bond motifs is 1. The minimum absolute atomic E-state index is 0.0274. The average molecular weight is 375 g/mol. The third-order valence-electron chi connectivity index (χ3n) is 4.00. The van der Waals surface area contributed by atoms with Crippen LogP contribution < -0.4 is 10.2 Å². The first-order chi connectivity index (χ1) is 12.3. The van der Waals surface area contributed by atoms with Gasteiger partial charge in [-0.15, -0.1) is 4.40 Å². The number of nitrogens with zero attached hydrogens (tertiary/aromatic N) is 2. The first-order valence-corrected chi connectivity index (χ1v) is 9.56. The highest BCUT2D eigenvalue weighted by Crippen LogP contribution is 2.32. The van der Waals surface area contributed by atoms with Crippen molar-refractivity contribution in [1.29, 1.82) is 0 Å². The molecule has 0 aromatic heterocycles. The normalized spacial score (nSPS) is 15.2. The summed E-state index contributed by atoms with van der Waals surface area (Å²) in [6.45, 7) is 4.22. The number of amides is 1. The largest absolute Gasteiger partial charge is 0.328 e.